The molecule has 0 bridgehead atoms. The second kappa shape index (κ2) is 5.59. The van der Waals surface area contributed by atoms with Crippen molar-refractivity contribution in [3.05, 3.63) is 39.4 Å². The molecule has 1 heterocycles. The summed E-state index contributed by atoms with van der Waals surface area (Å²) in [5.74, 6) is -0.735. The first-order chi connectivity index (χ1) is 10.1. The lowest BCUT2D eigenvalue weighted by molar-refractivity contribution is -0.147. The minimum atomic E-state index is -3.66. The minimum absolute atomic E-state index is 0.125. The summed E-state index contributed by atoms with van der Waals surface area (Å²) in [6, 6.07) is 4.81. The lowest BCUT2D eigenvalue weighted by atomic mass is 10.0. The van der Waals surface area contributed by atoms with Gasteiger partial charge >= 0.3 is 5.97 Å². The van der Waals surface area contributed by atoms with Crippen molar-refractivity contribution >= 4 is 27.4 Å². The lowest BCUT2D eigenvalue weighted by Gasteiger charge is -2.22. The molecule has 120 valence electrons. The van der Waals surface area contributed by atoms with Crippen molar-refractivity contribution < 1.29 is 22.7 Å². The summed E-state index contributed by atoms with van der Waals surface area (Å²) in [6.07, 6.45) is 1.36. The van der Waals surface area contributed by atoms with Gasteiger partial charge in [0.05, 0.1) is 0 Å². The number of sulfone groups is 1. The van der Waals surface area contributed by atoms with Crippen LogP contribution in [-0.4, -0.2) is 26.2 Å². The Morgan fingerprint density at radius 3 is 2.50 bits per heavy atom. The highest BCUT2D eigenvalue weighted by Gasteiger charge is 2.49. The van der Waals surface area contributed by atoms with Crippen molar-refractivity contribution in [3.63, 3.8) is 0 Å². The fraction of sp³-hybridized carbons (Fsp3) is 0.400. The number of aryl methyl sites for hydroxylation is 1. The van der Waals surface area contributed by atoms with E-state index in [-0.39, 0.29) is 10.7 Å². The average molecular weight is 345 g/mol. The van der Waals surface area contributed by atoms with E-state index in [9.17, 15) is 13.2 Å². The van der Waals surface area contributed by atoms with E-state index >= 15 is 0 Å². The van der Waals surface area contributed by atoms with Crippen LogP contribution in [0.5, 0.6) is 5.75 Å². The molecule has 0 N–H and O–H groups in total. The Morgan fingerprint density at radius 1 is 1.36 bits per heavy atom. The highest BCUT2D eigenvalue weighted by Crippen LogP contribution is 2.39. The topological polar surface area (TPSA) is 69.7 Å². The van der Waals surface area contributed by atoms with Gasteiger partial charge in [0.2, 0.25) is 5.76 Å². The molecule has 0 saturated heterocycles. The molecule has 0 spiro atoms. The summed E-state index contributed by atoms with van der Waals surface area (Å²) in [6.45, 7) is 5.09. The van der Waals surface area contributed by atoms with Crippen molar-refractivity contribution in [2.45, 2.75) is 32.8 Å². The van der Waals surface area contributed by atoms with Gasteiger partial charge in [0, 0.05) is 11.3 Å². The number of cyclic esters (lactones) is 1. The van der Waals surface area contributed by atoms with Gasteiger partial charge < -0.3 is 9.47 Å². The number of carbonyl (C=O) groups excluding carboxylic acids is 1. The van der Waals surface area contributed by atoms with E-state index in [4.69, 9.17) is 21.1 Å². The molecule has 0 aliphatic carbocycles. The van der Waals surface area contributed by atoms with Crippen molar-refractivity contribution in [2.75, 3.05) is 6.26 Å². The van der Waals surface area contributed by atoms with Gasteiger partial charge in [-0.3, -0.25) is 0 Å². The van der Waals surface area contributed by atoms with Crippen LogP contribution in [-0.2, 0) is 19.4 Å². The highest BCUT2D eigenvalue weighted by atomic mass is 35.5. The van der Waals surface area contributed by atoms with E-state index in [2.05, 4.69) is 0 Å². The van der Waals surface area contributed by atoms with Crippen molar-refractivity contribution in [1.82, 2.24) is 0 Å². The molecular formula is C15H17ClO5S. The molecule has 0 fully saturated rings. The Labute approximate surface area is 134 Å². The number of benzene rings is 1. The summed E-state index contributed by atoms with van der Waals surface area (Å²) >= 11 is 5.94. The SMILES string of the molecule is CC[C@@]1(C)OC(=O)C(Oc2ccc(Cl)c(C)c2)=C1S(C)(=O)=O. The maximum atomic E-state index is 12.1. The molecule has 1 aliphatic heterocycles. The fourth-order valence-electron chi connectivity index (χ4n) is 2.31. The van der Waals surface area contributed by atoms with Crippen LogP contribution in [0, 0.1) is 6.92 Å². The van der Waals surface area contributed by atoms with Gasteiger partial charge in [0.25, 0.3) is 0 Å². The van der Waals surface area contributed by atoms with Crippen LogP contribution in [0.25, 0.3) is 0 Å². The fourth-order valence-corrected chi connectivity index (χ4v) is 3.86. The highest BCUT2D eigenvalue weighted by molar-refractivity contribution is 7.94. The first kappa shape index (κ1) is 16.8. The number of halogens is 1. The molecule has 22 heavy (non-hydrogen) atoms. The molecule has 0 radical (unpaired) electrons. The van der Waals surface area contributed by atoms with E-state index in [0.717, 1.165) is 11.8 Å². The first-order valence-corrected chi connectivity index (χ1v) is 8.97. The van der Waals surface area contributed by atoms with E-state index < -0.39 is 21.4 Å². The summed E-state index contributed by atoms with van der Waals surface area (Å²) < 4.78 is 34.9. The molecule has 0 amide bonds. The summed E-state index contributed by atoms with van der Waals surface area (Å²) in [4.78, 5) is 11.9. The van der Waals surface area contributed by atoms with Crippen LogP contribution in [0.3, 0.4) is 0 Å². The number of ether oxygens (including phenoxy) is 2. The lowest BCUT2D eigenvalue weighted by Crippen LogP contribution is -2.30. The smallest absolute Gasteiger partial charge is 0.376 e. The number of carbonyl (C=O) groups is 1. The zero-order valence-electron chi connectivity index (χ0n) is 12.8. The largest absolute Gasteiger partial charge is 0.448 e. The third-order valence-electron chi connectivity index (χ3n) is 3.58. The van der Waals surface area contributed by atoms with Crippen LogP contribution < -0.4 is 4.74 Å². The third-order valence-corrected chi connectivity index (χ3v) is 5.37. The molecule has 0 saturated carbocycles. The van der Waals surface area contributed by atoms with Gasteiger partial charge in [-0.15, -0.1) is 0 Å². The molecule has 0 unspecified atom stereocenters. The van der Waals surface area contributed by atoms with Crippen molar-refractivity contribution in [3.8, 4) is 5.75 Å². The molecular weight excluding hydrogens is 328 g/mol. The monoisotopic (exact) mass is 344 g/mol. The predicted molar refractivity (Wildman–Crippen MR) is 83.5 cm³/mol. The molecule has 1 aromatic rings. The van der Waals surface area contributed by atoms with Gasteiger partial charge in [0.1, 0.15) is 16.3 Å². The maximum Gasteiger partial charge on any atom is 0.376 e. The zero-order chi connectivity index (χ0) is 16.7. The van der Waals surface area contributed by atoms with Crippen LogP contribution in [0.15, 0.2) is 28.9 Å². The molecule has 1 atom stereocenters. The van der Waals surface area contributed by atoms with Crippen LogP contribution >= 0.6 is 11.6 Å². The third kappa shape index (κ3) is 2.98. The molecule has 1 aliphatic rings. The number of rotatable bonds is 4. The van der Waals surface area contributed by atoms with Crippen molar-refractivity contribution in [1.29, 1.82) is 0 Å². The second-order valence-corrected chi connectivity index (χ2v) is 7.78. The second-order valence-electron chi connectivity index (χ2n) is 5.42. The normalized spacial score (nSPS) is 22.0. The van der Waals surface area contributed by atoms with Gasteiger partial charge in [-0.1, -0.05) is 18.5 Å². The van der Waals surface area contributed by atoms with Gasteiger partial charge in [-0.25, -0.2) is 13.2 Å². The van der Waals surface area contributed by atoms with Crippen LogP contribution in [0.2, 0.25) is 5.02 Å². The van der Waals surface area contributed by atoms with Gasteiger partial charge in [0.15, 0.2) is 9.84 Å². The number of esters is 1. The van der Waals surface area contributed by atoms with E-state index in [0.29, 0.717) is 17.2 Å². The Kier molecular flexibility index (Phi) is 4.28. The molecule has 5 nitrogen and oxygen atoms in total. The first-order valence-electron chi connectivity index (χ1n) is 6.70. The average Bonchev–Trinajstić information content (AvgIpc) is 2.65. The van der Waals surface area contributed by atoms with Gasteiger partial charge in [-0.2, -0.15) is 0 Å². The van der Waals surface area contributed by atoms with Crippen LogP contribution in [0.4, 0.5) is 0 Å². The van der Waals surface area contributed by atoms with E-state index in [1.54, 1.807) is 39.0 Å². The Bertz CT molecular complexity index is 766. The number of hydrogen-bond acceptors (Lipinski definition) is 5. The summed E-state index contributed by atoms with van der Waals surface area (Å²) in [5, 5.41) is 0.553. The molecule has 0 aromatic heterocycles. The minimum Gasteiger partial charge on any atom is -0.448 e. The van der Waals surface area contributed by atoms with E-state index in [1.807, 2.05) is 0 Å². The standard InChI is InChI=1S/C15H17ClO5S/c1-5-15(3)13(22(4,18)19)12(14(17)21-15)20-10-6-7-11(16)9(2)8-10/h6-8H,5H2,1-4H3/t15-/m1/s1. The quantitative estimate of drug-likeness (QED) is 0.785. The maximum absolute atomic E-state index is 12.1. The molecule has 2 rings (SSSR count). The summed E-state index contributed by atoms with van der Waals surface area (Å²) in [7, 11) is -3.66. The molecule has 7 heteroatoms. The summed E-state index contributed by atoms with van der Waals surface area (Å²) in [5.41, 5.74) is -0.452. The number of hydrogen-bond donors (Lipinski definition) is 0. The Hall–Kier alpha value is -1.53. The molecule has 1 aromatic carbocycles. The Morgan fingerprint density at radius 2 is 2.00 bits per heavy atom. The Balaban J connectivity index is 2.55. The van der Waals surface area contributed by atoms with Gasteiger partial charge in [-0.05, 0) is 44.0 Å². The zero-order valence-corrected chi connectivity index (χ0v) is 14.3. The van der Waals surface area contributed by atoms with Crippen molar-refractivity contribution in [2.24, 2.45) is 0 Å². The predicted octanol–water partition coefficient (Wildman–Crippen LogP) is 3.01. The van der Waals surface area contributed by atoms with E-state index in [1.165, 1.54) is 0 Å². The van der Waals surface area contributed by atoms with Crippen LogP contribution in [0.1, 0.15) is 25.8 Å².